The third-order valence-corrected chi connectivity index (χ3v) is 3.46. The van der Waals surface area contributed by atoms with Gasteiger partial charge >= 0.3 is 12.1 Å². The van der Waals surface area contributed by atoms with Crippen LogP contribution >= 0.6 is 0 Å². The van der Waals surface area contributed by atoms with Crippen molar-refractivity contribution in [3.05, 3.63) is 65.2 Å². The molecule has 2 aromatic rings. The van der Waals surface area contributed by atoms with E-state index >= 15 is 0 Å². The van der Waals surface area contributed by atoms with Crippen molar-refractivity contribution in [1.29, 1.82) is 0 Å². The number of esters is 1. The number of hydrogen-bond acceptors (Lipinski definition) is 4. The van der Waals surface area contributed by atoms with Crippen LogP contribution in [0.25, 0.3) is 0 Å². The van der Waals surface area contributed by atoms with E-state index < -0.39 is 60.0 Å². The summed E-state index contributed by atoms with van der Waals surface area (Å²) in [5, 5.41) is 4.00. The minimum absolute atomic E-state index is 0.126. The Hall–Kier alpha value is -3.50. The highest BCUT2D eigenvalue weighted by atomic mass is 19.4. The van der Waals surface area contributed by atoms with Gasteiger partial charge < -0.3 is 15.4 Å². The van der Waals surface area contributed by atoms with E-state index in [-0.39, 0.29) is 5.56 Å². The summed E-state index contributed by atoms with van der Waals surface area (Å²) in [5.41, 5.74) is -1.77. The summed E-state index contributed by atoms with van der Waals surface area (Å²) in [6, 6.07) is 6.21. The number of carbonyl (C=O) groups excluding carboxylic acids is 3. The van der Waals surface area contributed by atoms with Crippen molar-refractivity contribution in [3.8, 4) is 0 Å². The Morgan fingerprint density at radius 1 is 0.931 bits per heavy atom. The van der Waals surface area contributed by atoms with E-state index in [1.807, 2.05) is 5.32 Å². The lowest BCUT2D eigenvalue weighted by Crippen LogP contribution is -2.32. The molecular formula is C18H13F5N2O4. The van der Waals surface area contributed by atoms with Crippen LogP contribution in [-0.4, -0.2) is 30.9 Å². The molecule has 2 N–H and O–H groups in total. The summed E-state index contributed by atoms with van der Waals surface area (Å²) in [4.78, 5) is 34.9. The Balaban J connectivity index is 1.79. The summed E-state index contributed by atoms with van der Waals surface area (Å²) in [6.45, 7) is -1.55. The molecule has 0 bridgehead atoms. The zero-order valence-corrected chi connectivity index (χ0v) is 14.5. The van der Waals surface area contributed by atoms with Gasteiger partial charge in [0, 0.05) is 5.56 Å². The number of carbonyl (C=O) groups is 3. The molecule has 0 radical (unpaired) electrons. The number of benzene rings is 2. The average Bonchev–Trinajstić information content (AvgIpc) is 2.67. The van der Waals surface area contributed by atoms with Crippen molar-refractivity contribution in [3.63, 3.8) is 0 Å². The molecule has 29 heavy (non-hydrogen) atoms. The first-order valence-corrected chi connectivity index (χ1v) is 7.93. The summed E-state index contributed by atoms with van der Waals surface area (Å²) in [7, 11) is 0. The van der Waals surface area contributed by atoms with Gasteiger partial charge in [-0.05, 0) is 36.4 Å². The summed E-state index contributed by atoms with van der Waals surface area (Å²) in [5.74, 6) is -4.94. The number of anilines is 1. The Morgan fingerprint density at radius 3 is 2.07 bits per heavy atom. The summed E-state index contributed by atoms with van der Waals surface area (Å²) in [6.07, 6.45) is -4.55. The number of amides is 2. The molecule has 0 saturated carbocycles. The van der Waals surface area contributed by atoms with Crippen LogP contribution in [0.2, 0.25) is 0 Å². The molecule has 6 nitrogen and oxygen atoms in total. The Bertz CT molecular complexity index is 893. The van der Waals surface area contributed by atoms with Crippen molar-refractivity contribution >= 4 is 23.5 Å². The van der Waals surface area contributed by atoms with Crippen LogP contribution in [0.1, 0.15) is 15.9 Å². The third-order valence-electron chi connectivity index (χ3n) is 3.46. The van der Waals surface area contributed by atoms with E-state index in [2.05, 4.69) is 10.1 Å². The molecule has 0 aliphatic heterocycles. The smallest absolute Gasteiger partial charge is 0.416 e. The van der Waals surface area contributed by atoms with E-state index in [9.17, 15) is 36.3 Å². The quantitative estimate of drug-likeness (QED) is 0.560. The molecule has 0 saturated heterocycles. The van der Waals surface area contributed by atoms with Crippen molar-refractivity contribution in [2.24, 2.45) is 0 Å². The van der Waals surface area contributed by atoms with Gasteiger partial charge in [0.1, 0.15) is 23.9 Å². The molecule has 154 valence electrons. The van der Waals surface area contributed by atoms with Crippen LogP contribution in [-0.2, 0) is 20.5 Å². The van der Waals surface area contributed by atoms with Crippen LogP contribution in [0.15, 0.2) is 42.5 Å². The largest absolute Gasteiger partial charge is 0.454 e. The van der Waals surface area contributed by atoms with Gasteiger partial charge in [-0.2, -0.15) is 13.2 Å². The topological polar surface area (TPSA) is 84.5 Å². The Morgan fingerprint density at radius 2 is 1.52 bits per heavy atom. The predicted molar refractivity (Wildman–Crippen MR) is 89.7 cm³/mol. The maximum absolute atomic E-state index is 13.4. The van der Waals surface area contributed by atoms with E-state index in [4.69, 9.17) is 0 Å². The molecule has 0 heterocycles. The van der Waals surface area contributed by atoms with Gasteiger partial charge in [-0.3, -0.25) is 14.4 Å². The monoisotopic (exact) mass is 416 g/mol. The average molecular weight is 416 g/mol. The van der Waals surface area contributed by atoms with E-state index in [1.54, 1.807) is 0 Å². The Labute approximate surface area is 160 Å². The molecule has 0 aliphatic carbocycles. The van der Waals surface area contributed by atoms with Gasteiger partial charge in [0.25, 0.3) is 11.8 Å². The molecule has 0 aromatic heterocycles. The van der Waals surface area contributed by atoms with E-state index in [1.165, 1.54) is 0 Å². The molecular weight excluding hydrogens is 403 g/mol. The second-order valence-electron chi connectivity index (χ2n) is 5.56. The van der Waals surface area contributed by atoms with Gasteiger partial charge in [-0.1, -0.05) is 6.07 Å². The fraction of sp³-hybridized carbons (Fsp3) is 0.167. The minimum atomic E-state index is -4.55. The van der Waals surface area contributed by atoms with Gasteiger partial charge in [0.2, 0.25) is 0 Å². The number of hydrogen-bond donors (Lipinski definition) is 2. The molecule has 2 aromatic carbocycles. The lowest BCUT2D eigenvalue weighted by Gasteiger charge is -2.09. The van der Waals surface area contributed by atoms with Crippen LogP contribution in [0.4, 0.5) is 27.6 Å². The molecule has 2 amide bonds. The fourth-order valence-electron chi connectivity index (χ4n) is 2.05. The number of nitrogens with one attached hydrogen (secondary N) is 2. The van der Waals surface area contributed by atoms with Crippen molar-refractivity contribution in [2.75, 3.05) is 18.5 Å². The molecule has 2 rings (SSSR count). The van der Waals surface area contributed by atoms with Gasteiger partial charge in [0.05, 0.1) is 5.56 Å². The van der Waals surface area contributed by atoms with Crippen LogP contribution < -0.4 is 10.6 Å². The summed E-state index contributed by atoms with van der Waals surface area (Å²) < 4.78 is 68.8. The maximum atomic E-state index is 13.4. The lowest BCUT2D eigenvalue weighted by molar-refractivity contribution is -0.146. The van der Waals surface area contributed by atoms with Gasteiger partial charge in [-0.15, -0.1) is 0 Å². The number of ether oxygens (including phenoxy) is 1. The van der Waals surface area contributed by atoms with Gasteiger partial charge in [0.15, 0.2) is 6.61 Å². The highest BCUT2D eigenvalue weighted by molar-refractivity contribution is 5.96. The third kappa shape index (κ3) is 6.26. The molecule has 0 atom stereocenters. The Kier molecular flexibility index (Phi) is 6.86. The molecule has 0 fully saturated rings. The van der Waals surface area contributed by atoms with E-state index in [0.717, 1.165) is 30.3 Å². The summed E-state index contributed by atoms with van der Waals surface area (Å²) >= 11 is 0. The second-order valence-corrected chi connectivity index (χ2v) is 5.56. The number of alkyl halides is 3. The first kappa shape index (κ1) is 21.8. The first-order valence-electron chi connectivity index (χ1n) is 7.93. The number of halogens is 5. The first-order chi connectivity index (χ1) is 13.6. The zero-order valence-electron chi connectivity index (χ0n) is 14.5. The highest BCUT2D eigenvalue weighted by Crippen LogP contribution is 2.29. The van der Waals surface area contributed by atoms with Crippen molar-refractivity contribution in [2.45, 2.75) is 6.18 Å². The zero-order chi connectivity index (χ0) is 21.6. The van der Waals surface area contributed by atoms with Gasteiger partial charge in [-0.25, -0.2) is 8.78 Å². The van der Waals surface area contributed by atoms with E-state index in [0.29, 0.717) is 12.1 Å². The maximum Gasteiger partial charge on any atom is 0.416 e. The molecule has 0 aliphatic rings. The highest BCUT2D eigenvalue weighted by Gasteiger charge is 2.30. The standard InChI is InChI=1S/C18H13F5N2O4/c19-12-2-1-3-13(20)16(12)25-14(26)9-29-15(27)8-24-17(28)10-4-6-11(7-5-10)18(21,22)23/h1-7H,8-9H2,(H,24,28)(H,25,26). The predicted octanol–water partition coefficient (Wildman–Crippen LogP) is 2.90. The van der Waals surface area contributed by atoms with Crippen LogP contribution in [0.5, 0.6) is 0 Å². The number of rotatable bonds is 6. The SMILES string of the molecule is O=C(COC(=O)CNC(=O)c1ccc(C(F)(F)F)cc1)Nc1c(F)cccc1F. The van der Waals surface area contributed by atoms with Crippen molar-refractivity contribution in [1.82, 2.24) is 5.32 Å². The molecule has 11 heteroatoms. The molecule has 0 unspecified atom stereocenters. The normalized spacial score (nSPS) is 10.9. The second kappa shape index (κ2) is 9.13. The minimum Gasteiger partial charge on any atom is -0.454 e. The molecule has 0 spiro atoms. The van der Waals surface area contributed by atoms with Crippen LogP contribution in [0.3, 0.4) is 0 Å². The van der Waals surface area contributed by atoms with Crippen LogP contribution in [0, 0.1) is 11.6 Å². The fourth-order valence-corrected chi connectivity index (χ4v) is 2.05. The number of para-hydroxylation sites is 1. The lowest BCUT2D eigenvalue weighted by atomic mass is 10.1. The van der Waals surface area contributed by atoms with Crippen molar-refractivity contribution < 1.29 is 41.1 Å².